The number of hydrogen-bond acceptors (Lipinski definition) is 5. The molecule has 5 aromatic rings. The van der Waals surface area contributed by atoms with Gasteiger partial charge in [0.15, 0.2) is 5.76 Å². The zero-order chi connectivity index (χ0) is 22.8. The topological polar surface area (TPSA) is 69.6 Å². The van der Waals surface area contributed by atoms with Gasteiger partial charge in [-0.1, -0.05) is 47.9 Å². The molecule has 3 aromatic carbocycles. The van der Waals surface area contributed by atoms with Crippen molar-refractivity contribution in [2.24, 2.45) is 5.10 Å². The molecule has 0 aliphatic heterocycles. The van der Waals surface area contributed by atoms with E-state index in [4.69, 9.17) is 27.2 Å². The maximum atomic E-state index is 13.4. The van der Waals surface area contributed by atoms with Crippen molar-refractivity contribution in [2.75, 3.05) is 6.61 Å². The van der Waals surface area contributed by atoms with Crippen LogP contribution in [0.25, 0.3) is 33.5 Å². The molecule has 0 amide bonds. The van der Waals surface area contributed by atoms with E-state index < -0.39 is 0 Å². The van der Waals surface area contributed by atoms with Crippen LogP contribution < -0.4 is 10.3 Å². The van der Waals surface area contributed by atoms with E-state index in [0.29, 0.717) is 38.6 Å². The van der Waals surface area contributed by atoms with Crippen LogP contribution >= 0.6 is 11.6 Å². The molecule has 0 spiro atoms. The van der Waals surface area contributed by atoms with Crippen LogP contribution in [0.1, 0.15) is 5.56 Å². The standard InChI is InChI=1S/C26H16ClN3O3/c1-2-13-32-22-12-11-19(27)14-18(22)16-28-30-25(24-15-17-7-3-6-10-23(17)33-24)29-21-9-5-4-8-20(21)26(30)31/h1,3-12,14-16H,13H2/b28-16+. The summed E-state index contributed by atoms with van der Waals surface area (Å²) in [6.07, 6.45) is 6.80. The van der Waals surface area contributed by atoms with Crippen LogP contribution in [0.5, 0.6) is 5.75 Å². The summed E-state index contributed by atoms with van der Waals surface area (Å²) >= 11 is 6.16. The molecule has 0 radical (unpaired) electrons. The highest BCUT2D eigenvalue weighted by atomic mass is 35.5. The van der Waals surface area contributed by atoms with E-state index in [0.717, 1.165) is 5.39 Å². The van der Waals surface area contributed by atoms with Crippen molar-refractivity contribution in [2.45, 2.75) is 0 Å². The Hall–Kier alpha value is -4.34. The highest BCUT2D eigenvalue weighted by Crippen LogP contribution is 2.27. The first-order valence-corrected chi connectivity index (χ1v) is 10.4. The van der Waals surface area contributed by atoms with Crippen molar-refractivity contribution < 1.29 is 9.15 Å². The van der Waals surface area contributed by atoms with Gasteiger partial charge in [-0.25, -0.2) is 4.98 Å². The van der Waals surface area contributed by atoms with Crippen molar-refractivity contribution in [3.63, 3.8) is 0 Å². The Bertz CT molecular complexity index is 1590. The van der Waals surface area contributed by atoms with E-state index in [2.05, 4.69) is 16.0 Å². The molecule has 0 unspecified atom stereocenters. The lowest BCUT2D eigenvalue weighted by Gasteiger charge is -2.09. The number of ether oxygens (including phenoxy) is 1. The Balaban J connectivity index is 1.70. The summed E-state index contributed by atoms with van der Waals surface area (Å²) in [6.45, 7) is 0.0875. The monoisotopic (exact) mass is 453 g/mol. The number of nitrogens with zero attached hydrogens (tertiary/aromatic N) is 3. The van der Waals surface area contributed by atoms with E-state index in [-0.39, 0.29) is 18.0 Å². The number of rotatable bonds is 5. The lowest BCUT2D eigenvalue weighted by Crippen LogP contribution is -2.20. The number of benzene rings is 3. The summed E-state index contributed by atoms with van der Waals surface area (Å²) in [5.41, 5.74) is 1.46. The van der Waals surface area contributed by atoms with Gasteiger partial charge in [0.1, 0.15) is 17.9 Å². The second-order valence-electron chi connectivity index (χ2n) is 7.14. The Morgan fingerprint density at radius 2 is 1.94 bits per heavy atom. The predicted molar refractivity (Wildman–Crippen MR) is 130 cm³/mol. The summed E-state index contributed by atoms with van der Waals surface area (Å²) in [5, 5.41) is 6.27. The molecule has 33 heavy (non-hydrogen) atoms. The van der Waals surface area contributed by atoms with Gasteiger partial charge >= 0.3 is 0 Å². The first-order valence-electron chi connectivity index (χ1n) is 10.0. The molecule has 0 aliphatic rings. The van der Waals surface area contributed by atoms with Gasteiger partial charge in [0.2, 0.25) is 5.82 Å². The zero-order valence-electron chi connectivity index (χ0n) is 17.2. The number of hydrogen-bond donors (Lipinski definition) is 0. The Kier molecular flexibility index (Phi) is 5.39. The normalized spacial score (nSPS) is 11.3. The molecule has 2 aromatic heterocycles. The summed E-state index contributed by atoms with van der Waals surface area (Å²) < 4.78 is 12.8. The fourth-order valence-corrected chi connectivity index (χ4v) is 3.65. The molecule has 0 N–H and O–H groups in total. The SMILES string of the molecule is C#CCOc1ccc(Cl)cc1/C=N/n1c(-c2cc3ccccc3o2)nc2ccccc2c1=O. The van der Waals surface area contributed by atoms with Gasteiger partial charge < -0.3 is 9.15 Å². The maximum Gasteiger partial charge on any atom is 0.282 e. The van der Waals surface area contributed by atoms with Crippen LogP contribution in [-0.4, -0.2) is 22.5 Å². The smallest absolute Gasteiger partial charge is 0.282 e. The highest BCUT2D eigenvalue weighted by molar-refractivity contribution is 6.30. The zero-order valence-corrected chi connectivity index (χ0v) is 18.0. The number of aromatic nitrogens is 2. The van der Waals surface area contributed by atoms with Crippen molar-refractivity contribution in [1.82, 2.24) is 9.66 Å². The molecule has 0 saturated carbocycles. The largest absolute Gasteiger partial charge is 0.480 e. The average molecular weight is 454 g/mol. The van der Waals surface area contributed by atoms with Crippen LogP contribution in [0.2, 0.25) is 5.02 Å². The van der Waals surface area contributed by atoms with E-state index in [1.54, 1.807) is 36.4 Å². The van der Waals surface area contributed by atoms with Gasteiger partial charge in [0, 0.05) is 16.0 Å². The van der Waals surface area contributed by atoms with Crippen LogP contribution in [0, 0.1) is 12.3 Å². The summed E-state index contributed by atoms with van der Waals surface area (Å²) in [7, 11) is 0. The third kappa shape index (κ3) is 3.98. The molecular formula is C26H16ClN3O3. The van der Waals surface area contributed by atoms with Gasteiger partial charge in [-0.3, -0.25) is 4.79 Å². The van der Waals surface area contributed by atoms with Crippen molar-refractivity contribution in [1.29, 1.82) is 0 Å². The molecule has 5 rings (SSSR count). The van der Waals surface area contributed by atoms with Crippen molar-refractivity contribution >= 4 is 39.7 Å². The lowest BCUT2D eigenvalue weighted by atomic mass is 10.2. The molecule has 0 bridgehead atoms. The van der Waals surface area contributed by atoms with Crippen molar-refractivity contribution in [3.05, 3.63) is 93.7 Å². The van der Waals surface area contributed by atoms with Crippen molar-refractivity contribution in [3.8, 4) is 29.7 Å². The minimum absolute atomic E-state index is 0.0875. The van der Waals surface area contributed by atoms with E-state index >= 15 is 0 Å². The second kappa shape index (κ2) is 8.65. The lowest BCUT2D eigenvalue weighted by molar-refractivity contribution is 0.370. The van der Waals surface area contributed by atoms with Gasteiger partial charge in [0.05, 0.1) is 17.1 Å². The summed E-state index contributed by atoms with van der Waals surface area (Å²) in [6, 6.07) is 21.6. The molecule has 0 fully saturated rings. The highest BCUT2D eigenvalue weighted by Gasteiger charge is 2.16. The molecule has 6 nitrogen and oxygen atoms in total. The molecule has 2 heterocycles. The third-order valence-corrected chi connectivity index (χ3v) is 5.23. The van der Waals surface area contributed by atoms with Crippen LogP contribution in [0.4, 0.5) is 0 Å². The Morgan fingerprint density at radius 1 is 1.12 bits per heavy atom. The summed E-state index contributed by atoms with van der Waals surface area (Å²) in [4.78, 5) is 18.0. The number of terminal acetylenes is 1. The number of halogens is 1. The molecule has 0 saturated heterocycles. The van der Waals surface area contributed by atoms with Crippen LogP contribution in [0.3, 0.4) is 0 Å². The van der Waals surface area contributed by atoms with E-state index in [1.807, 2.05) is 36.4 Å². The first kappa shape index (κ1) is 20.6. The van der Waals surface area contributed by atoms with E-state index in [9.17, 15) is 4.79 Å². The van der Waals surface area contributed by atoms with Crippen LogP contribution in [-0.2, 0) is 0 Å². The quantitative estimate of drug-likeness (QED) is 0.265. The van der Waals surface area contributed by atoms with Gasteiger partial charge in [-0.2, -0.15) is 9.78 Å². The Labute approximate surface area is 193 Å². The van der Waals surface area contributed by atoms with E-state index in [1.165, 1.54) is 10.9 Å². The van der Waals surface area contributed by atoms with Gasteiger partial charge in [0.25, 0.3) is 5.56 Å². The summed E-state index contributed by atoms with van der Waals surface area (Å²) in [5.74, 6) is 3.62. The predicted octanol–water partition coefficient (Wildman–Crippen LogP) is 5.36. The molecule has 0 aliphatic carbocycles. The van der Waals surface area contributed by atoms with Crippen LogP contribution in [0.15, 0.2) is 87.1 Å². The molecule has 160 valence electrons. The minimum Gasteiger partial charge on any atom is -0.480 e. The average Bonchev–Trinajstić information content (AvgIpc) is 3.27. The fraction of sp³-hybridized carbons (Fsp3) is 0.0385. The molecular weight excluding hydrogens is 438 g/mol. The van der Waals surface area contributed by atoms with Gasteiger partial charge in [-0.05, 0) is 42.5 Å². The molecule has 7 heteroatoms. The number of fused-ring (bicyclic) bond motifs is 2. The van der Waals surface area contributed by atoms with Gasteiger partial charge in [-0.15, -0.1) is 6.42 Å². The third-order valence-electron chi connectivity index (χ3n) is 4.99. The minimum atomic E-state index is -0.333. The second-order valence-corrected chi connectivity index (χ2v) is 7.57. The number of para-hydroxylation sites is 2. The first-order chi connectivity index (χ1) is 16.1. The molecule has 0 atom stereocenters. The Morgan fingerprint density at radius 3 is 2.79 bits per heavy atom. The number of furan rings is 1. The maximum absolute atomic E-state index is 13.4. The fourth-order valence-electron chi connectivity index (χ4n) is 3.47.